The maximum Gasteiger partial charge on any atom is 0.279 e. The first-order valence-corrected chi connectivity index (χ1v) is 9.57. The normalized spacial score (nSPS) is 11.3. The SMILES string of the molecule is Cc1c(Cl)cccc1NC(=O)CCC(=O)NNC(=O)C(C)Oc1ccc(Cl)cc1. The topological polar surface area (TPSA) is 96.5 Å². The lowest BCUT2D eigenvalue weighted by Gasteiger charge is -2.15. The molecule has 0 aliphatic heterocycles. The van der Waals surface area contributed by atoms with Gasteiger partial charge in [0.25, 0.3) is 5.91 Å². The zero-order valence-corrected chi connectivity index (χ0v) is 17.4. The molecule has 0 aliphatic rings. The summed E-state index contributed by atoms with van der Waals surface area (Å²) in [6.45, 7) is 3.32. The van der Waals surface area contributed by atoms with Crippen molar-refractivity contribution in [3.63, 3.8) is 0 Å². The third-order valence-corrected chi connectivity index (χ3v) is 4.60. The molecule has 0 radical (unpaired) electrons. The zero-order valence-electron chi connectivity index (χ0n) is 15.9. The van der Waals surface area contributed by atoms with Crippen molar-refractivity contribution in [2.45, 2.75) is 32.8 Å². The highest BCUT2D eigenvalue weighted by atomic mass is 35.5. The van der Waals surface area contributed by atoms with Gasteiger partial charge in [0, 0.05) is 28.6 Å². The van der Waals surface area contributed by atoms with Crippen molar-refractivity contribution in [3.05, 3.63) is 58.1 Å². The molecule has 0 bridgehead atoms. The molecule has 3 amide bonds. The maximum atomic E-state index is 12.0. The Balaban J connectivity index is 1.71. The predicted octanol–water partition coefficient (Wildman–Crippen LogP) is 3.64. The van der Waals surface area contributed by atoms with E-state index < -0.39 is 17.9 Å². The minimum Gasteiger partial charge on any atom is -0.481 e. The van der Waals surface area contributed by atoms with Crippen LogP contribution in [-0.4, -0.2) is 23.8 Å². The molecule has 0 aromatic heterocycles. The van der Waals surface area contributed by atoms with Gasteiger partial charge in [0.05, 0.1) is 0 Å². The summed E-state index contributed by atoms with van der Waals surface area (Å²) in [5.41, 5.74) is 5.85. The molecule has 0 saturated carbocycles. The van der Waals surface area contributed by atoms with Crippen LogP contribution in [0, 0.1) is 6.92 Å². The van der Waals surface area contributed by atoms with Gasteiger partial charge in [-0.1, -0.05) is 29.3 Å². The van der Waals surface area contributed by atoms with Gasteiger partial charge in [0.1, 0.15) is 5.75 Å². The average molecular weight is 438 g/mol. The molecule has 154 valence electrons. The monoisotopic (exact) mass is 437 g/mol. The summed E-state index contributed by atoms with van der Waals surface area (Å²) in [6.07, 6.45) is -0.992. The van der Waals surface area contributed by atoms with Crippen LogP contribution in [0.25, 0.3) is 0 Å². The fourth-order valence-electron chi connectivity index (χ4n) is 2.25. The molecule has 0 saturated heterocycles. The highest BCUT2D eigenvalue weighted by Gasteiger charge is 2.16. The third-order valence-electron chi connectivity index (χ3n) is 3.94. The van der Waals surface area contributed by atoms with E-state index in [1.54, 1.807) is 49.4 Å². The standard InChI is InChI=1S/C20H21Cl2N3O4/c1-12-16(22)4-3-5-17(12)23-18(26)10-11-19(27)24-25-20(28)13(2)29-15-8-6-14(21)7-9-15/h3-9,13H,10-11H2,1-2H3,(H,23,26)(H,24,27)(H,25,28). The number of benzene rings is 2. The predicted molar refractivity (Wildman–Crippen MR) is 112 cm³/mol. The average Bonchev–Trinajstić information content (AvgIpc) is 2.69. The quantitative estimate of drug-likeness (QED) is 0.576. The zero-order chi connectivity index (χ0) is 21.4. The lowest BCUT2D eigenvalue weighted by molar-refractivity contribution is -0.133. The van der Waals surface area contributed by atoms with Gasteiger partial charge in [-0.05, 0) is 55.8 Å². The van der Waals surface area contributed by atoms with Crippen LogP contribution in [0.1, 0.15) is 25.3 Å². The van der Waals surface area contributed by atoms with Crippen molar-refractivity contribution in [2.24, 2.45) is 0 Å². The number of rotatable bonds is 7. The van der Waals surface area contributed by atoms with E-state index in [0.29, 0.717) is 21.5 Å². The first-order valence-electron chi connectivity index (χ1n) is 8.82. The Morgan fingerprint density at radius 1 is 0.966 bits per heavy atom. The van der Waals surface area contributed by atoms with Crippen molar-refractivity contribution in [1.82, 2.24) is 10.9 Å². The van der Waals surface area contributed by atoms with Gasteiger partial charge in [0.15, 0.2) is 6.10 Å². The number of nitrogens with one attached hydrogen (secondary N) is 3. The number of halogens is 2. The molecule has 2 aromatic rings. The van der Waals surface area contributed by atoms with E-state index in [1.165, 1.54) is 6.92 Å². The molecule has 0 fully saturated rings. The number of carbonyl (C=O) groups excluding carboxylic acids is 3. The van der Waals surface area contributed by atoms with Gasteiger partial charge in [0.2, 0.25) is 11.8 Å². The number of hydrogen-bond acceptors (Lipinski definition) is 4. The minimum atomic E-state index is -0.842. The largest absolute Gasteiger partial charge is 0.481 e. The Morgan fingerprint density at radius 3 is 2.31 bits per heavy atom. The van der Waals surface area contributed by atoms with E-state index in [2.05, 4.69) is 16.2 Å². The molecule has 29 heavy (non-hydrogen) atoms. The number of hydrogen-bond donors (Lipinski definition) is 3. The molecule has 1 atom stereocenters. The van der Waals surface area contributed by atoms with Crippen LogP contribution in [0.4, 0.5) is 5.69 Å². The lowest BCUT2D eigenvalue weighted by Crippen LogP contribution is -2.47. The lowest BCUT2D eigenvalue weighted by atomic mass is 10.2. The van der Waals surface area contributed by atoms with Crippen LogP contribution in [0.15, 0.2) is 42.5 Å². The van der Waals surface area contributed by atoms with Gasteiger partial charge in [-0.15, -0.1) is 0 Å². The molecule has 0 heterocycles. The molecular formula is C20H21Cl2N3O4. The van der Waals surface area contributed by atoms with Crippen molar-refractivity contribution < 1.29 is 19.1 Å². The van der Waals surface area contributed by atoms with Crippen LogP contribution in [0.2, 0.25) is 10.0 Å². The fraction of sp³-hybridized carbons (Fsp3) is 0.250. The molecule has 0 aliphatic carbocycles. The summed E-state index contributed by atoms with van der Waals surface area (Å²) in [4.78, 5) is 35.9. The Bertz CT molecular complexity index is 888. The number of amides is 3. The van der Waals surface area contributed by atoms with Crippen molar-refractivity contribution in [2.75, 3.05) is 5.32 Å². The van der Waals surface area contributed by atoms with Crippen LogP contribution in [-0.2, 0) is 14.4 Å². The summed E-state index contributed by atoms with van der Waals surface area (Å²) in [7, 11) is 0. The first-order chi connectivity index (χ1) is 13.8. The second kappa shape index (κ2) is 10.7. The summed E-state index contributed by atoms with van der Waals surface area (Å²) in [5.74, 6) is -0.907. The highest BCUT2D eigenvalue weighted by molar-refractivity contribution is 6.31. The van der Waals surface area contributed by atoms with Gasteiger partial charge >= 0.3 is 0 Å². The van der Waals surface area contributed by atoms with E-state index in [9.17, 15) is 14.4 Å². The molecular weight excluding hydrogens is 417 g/mol. The molecule has 2 rings (SSSR count). The molecule has 9 heteroatoms. The summed E-state index contributed by atoms with van der Waals surface area (Å²) in [6, 6.07) is 11.7. The number of ether oxygens (including phenoxy) is 1. The van der Waals surface area contributed by atoms with Crippen molar-refractivity contribution in [3.8, 4) is 5.75 Å². The molecule has 0 spiro atoms. The Kier molecular flexibility index (Phi) is 8.30. The smallest absolute Gasteiger partial charge is 0.279 e. The molecule has 3 N–H and O–H groups in total. The van der Waals surface area contributed by atoms with E-state index in [1.807, 2.05) is 0 Å². The van der Waals surface area contributed by atoms with Crippen LogP contribution >= 0.6 is 23.2 Å². The number of anilines is 1. The van der Waals surface area contributed by atoms with Crippen LogP contribution in [0.3, 0.4) is 0 Å². The van der Waals surface area contributed by atoms with Gasteiger partial charge < -0.3 is 10.1 Å². The van der Waals surface area contributed by atoms with E-state index in [4.69, 9.17) is 27.9 Å². The summed E-state index contributed by atoms with van der Waals surface area (Å²) < 4.78 is 5.45. The van der Waals surface area contributed by atoms with Crippen molar-refractivity contribution >= 4 is 46.6 Å². The van der Waals surface area contributed by atoms with Gasteiger partial charge in [-0.3, -0.25) is 25.2 Å². The maximum absolute atomic E-state index is 12.0. The third kappa shape index (κ3) is 7.29. The molecule has 2 aromatic carbocycles. The Labute approximate surface area is 178 Å². The van der Waals surface area contributed by atoms with E-state index in [0.717, 1.165) is 5.56 Å². The van der Waals surface area contributed by atoms with Crippen molar-refractivity contribution in [1.29, 1.82) is 0 Å². The fourth-order valence-corrected chi connectivity index (χ4v) is 2.55. The van der Waals surface area contributed by atoms with Gasteiger partial charge in [-0.25, -0.2) is 0 Å². The molecule has 7 nitrogen and oxygen atoms in total. The van der Waals surface area contributed by atoms with Crippen LogP contribution < -0.4 is 20.9 Å². The Morgan fingerprint density at radius 2 is 1.62 bits per heavy atom. The summed E-state index contributed by atoms with van der Waals surface area (Å²) in [5, 5.41) is 3.79. The Hall–Kier alpha value is -2.77. The highest BCUT2D eigenvalue weighted by Crippen LogP contribution is 2.23. The van der Waals surface area contributed by atoms with E-state index in [-0.39, 0.29) is 18.7 Å². The van der Waals surface area contributed by atoms with Gasteiger partial charge in [-0.2, -0.15) is 0 Å². The van der Waals surface area contributed by atoms with E-state index >= 15 is 0 Å². The second-order valence-corrected chi connectivity index (χ2v) is 7.06. The molecule has 1 unspecified atom stereocenters. The van der Waals surface area contributed by atoms with Crippen LogP contribution in [0.5, 0.6) is 5.75 Å². The number of carbonyl (C=O) groups is 3. The first kappa shape index (κ1) is 22.5. The number of hydrazine groups is 1. The summed E-state index contributed by atoms with van der Waals surface area (Å²) >= 11 is 11.8. The minimum absolute atomic E-state index is 0.0511. The second-order valence-electron chi connectivity index (χ2n) is 6.21.